The Bertz CT molecular complexity index is 1030. The molecule has 0 N–H and O–H groups in total. The molecule has 0 radical (unpaired) electrons. The van der Waals surface area contributed by atoms with Gasteiger partial charge in [-0.25, -0.2) is 15.1 Å². The largest absolute Gasteiger partial charge is 0.359 e. The number of benzene rings is 1. The Morgan fingerprint density at radius 3 is 2.65 bits per heavy atom. The molecule has 1 atom stereocenters. The van der Waals surface area contributed by atoms with Gasteiger partial charge in [0, 0.05) is 55.1 Å². The molecule has 0 saturated carbocycles. The van der Waals surface area contributed by atoms with Crippen molar-refractivity contribution in [3.63, 3.8) is 0 Å². The first kappa shape index (κ1) is 18.6. The fourth-order valence-electron chi connectivity index (χ4n) is 3.54. The molecule has 0 aliphatic carbocycles. The summed E-state index contributed by atoms with van der Waals surface area (Å²) < 4.78 is 18.5. The van der Waals surface area contributed by atoms with E-state index in [1.165, 1.54) is 14.6 Å². The first-order chi connectivity index (χ1) is 12.2. The zero-order valence-corrected chi connectivity index (χ0v) is 18.8. The van der Waals surface area contributed by atoms with Gasteiger partial charge in [-0.2, -0.15) is 4.98 Å². The molecule has 3 heterocycles. The van der Waals surface area contributed by atoms with Crippen molar-refractivity contribution in [2.45, 2.75) is 13.0 Å². The fraction of sp³-hybridized carbons (Fsp3) is 0.400. The van der Waals surface area contributed by atoms with E-state index in [4.69, 9.17) is 11.6 Å². The van der Waals surface area contributed by atoms with Gasteiger partial charge in [0.2, 0.25) is 0 Å². The second-order valence-corrected chi connectivity index (χ2v) is 9.01. The summed E-state index contributed by atoms with van der Waals surface area (Å²) in [6.07, 6.45) is 0. The summed E-state index contributed by atoms with van der Waals surface area (Å²) in [4.78, 5) is 32.9. The second kappa shape index (κ2) is 6.41. The third-order valence-electron chi connectivity index (χ3n) is 4.89. The van der Waals surface area contributed by atoms with E-state index in [2.05, 4.69) is 27.8 Å². The van der Waals surface area contributed by atoms with Crippen molar-refractivity contribution in [2.24, 2.45) is 0 Å². The van der Waals surface area contributed by atoms with Gasteiger partial charge in [-0.05, 0) is 6.92 Å². The number of rotatable bonds is 0. The Labute approximate surface area is 181 Å². The number of carbonyl (C=O) groups is 1. The number of hydrogen-bond donors (Lipinski definition) is 0. The molecule has 138 valence electrons. The molecule has 1 amide bonds. The minimum atomic E-state index is -0.567. The second-order valence-electron chi connectivity index (χ2n) is 6.30. The van der Waals surface area contributed by atoms with Gasteiger partial charge < -0.3 is 9.80 Å². The molecule has 0 spiro atoms. The number of likely N-dealkylation sites (N-methyl/N-ethyl adjacent to an activating group) is 1. The summed E-state index contributed by atoms with van der Waals surface area (Å²) in [6.45, 7) is 3.20. The molecule has 7 nitrogen and oxygen atoms in total. The van der Waals surface area contributed by atoms with Crippen LogP contribution in [-0.4, -0.2) is 49.5 Å². The van der Waals surface area contributed by atoms with E-state index in [-0.39, 0.29) is 22.2 Å². The maximum Gasteiger partial charge on any atom is 0.359 e. The fourth-order valence-corrected chi connectivity index (χ4v) is 5.12. The third kappa shape index (κ3) is 2.48. The smallest absolute Gasteiger partial charge is 0.341 e. The van der Waals surface area contributed by atoms with Gasteiger partial charge in [-0.3, -0.25) is 4.79 Å². The lowest BCUT2D eigenvalue weighted by Gasteiger charge is -2.38. The van der Waals surface area contributed by atoms with Crippen molar-refractivity contribution in [3.05, 3.63) is 26.9 Å². The molecule has 1 aromatic carbocycles. The zero-order chi connectivity index (χ0) is 18.9. The van der Waals surface area contributed by atoms with Crippen LogP contribution in [0.15, 0.2) is 4.79 Å². The molecule has 1 unspecified atom stereocenters. The monoisotopic (exact) mass is 603 g/mol. The topological polar surface area (TPSA) is 61.7 Å². The molecule has 11 heteroatoms. The molecule has 0 bridgehead atoms. The molecular weight excluding hydrogens is 590 g/mol. The molecule has 2 aliphatic rings. The standard InChI is InChI=1S/C15H13ClFI2N5O2/c1-6-9(16)11-8-12(10(6)17)21(2)14(25)7-5-22(18)3-4-23(7)13(8)20-15(26)24(11)19/h7H,3-5H2,1-2H3. The maximum atomic E-state index is 15.2. The number of anilines is 2. The minimum Gasteiger partial charge on any atom is -0.341 e. The van der Waals surface area contributed by atoms with E-state index < -0.39 is 17.5 Å². The first-order valence-corrected chi connectivity index (χ1v) is 10.1. The molecule has 4 rings (SSSR count). The lowest BCUT2D eigenvalue weighted by Crippen LogP contribution is -2.57. The Kier molecular flexibility index (Phi) is 4.59. The number of fused-ring (bicyclic) bond motifs is 2. The summed E-state index contributed by atoms with van der Waals surface area (Å²) in [7, 11) is 1.55. The maximum absolute atomic E-state index is 15.2. The van der Waals surface area contributed by atoms with E-state index in [9.17, 15) is 9.59 Å². The summed E-state index contributed by atoms with van der Waals surface area (Å²) in [6, 6.07) is -0.545. The highest BCUT2D eigenvalue weighted by atomic mass is 127. The molecule has 1 fully saturated rings. The highest BCUT2D eigenvalue weighted by Crippen LogP contribution is 2.44. The summed E-state index contributed by atoms with van der Waals surface area (Å²) in [5, 5.41) is 0.551. The van der Waals surface area contributed by atoms with Crippen LogP contribution in [0.5, 0.6) is 0 Å². The van der Waals surface area contributed by atoms with Crippen LogP contribution in [0.3, 0.4) is 0 Å². The van der Waals surface area contributed by atoms with E-state index in [0.717, 1.165) is 0 Å². The average molecular weight is 604 g/mol. The van der Waals surface area contributed by atoms with Crippen LogP contribution in [0, 0.1) is 12.7 Å². The molecule has 2 aromatic rings. The van der Waals surface area contributed by atoms with Gasteiger partial charge in [0.15, 0.2) is 5.82 Å². The summed E-state index contributed by atoms with van der Waals surface area (Å²) in [5.74, 6) is -0.484. The average Bonchev–Trinajstić information content (AvgIpc) is 2.69. The number of aromatic nitrogens is 2. The van der Waals surface area contributed by atoms with Crippen molar-refractivity contribution in [1.29, 1.82) is 0 Å². The highest BCUT2D eigenvalue weighted by Gasteiger charge is 2.41. The Balaban J connectivity index is 2.19. The van der Waals surface area contributed by atoms with Crippen molar-refractivity contribution >= 4 is 85.6 Å². The van der Waals surface area contributed by atoms with Crippen LogP contribution in [0.2, 0.25) is 5.02 Å². The van der Waals surface area contributed by atoms with E-state index in [1.54, 1.807) is 11.9 Å². The number of hydrogen-bond acceptors (Lipinski definition) is 5. The van der Waals surface area contributed by atoms with Crippen molar-refractivity contribution in [2.75, 3.05) is 36.5 Å². The van der Waals surface area contributed by atoms with E-state index in [1.807, 2.05) is 26.0 Å². The van der Waals surface area contributed by atoms with Crippen LogP contribution in [0.25, 0.3) is 10.9 Å². The Morgan fingerprint density at radius 2 is 1.96 bits per heavy atom. The number of piperazine rings is 1. The normalized spacial score (nSPS) is 20.5. The number of halogens is 4. The van der Waals surface area contributed by atoms with Crippen LogP contribution < -0.4 is 15.5 Å². The number of carbonyl (C=O) groups excluding carboxylic acids is 1. The number of nitrogens with zero attached hydrogens (tertiary/aromatic N) is 5. The molecule has 2 aliphatic heterocycles. The predicted octanol–water partition coefficient (Wildman–Crippen LogP) is 2.51. The molecule has 26 heavy (non-hydrogen) atoms. The molecule has 1 aromatic heterocycles. The Morgan fingerprint density at radius 1 is 1.27 bits per heavy atom. The Hall–Kier alpha value is -0.730. The van der Waals surface area contributed by atoms with Crippen LogP contribution in [0.1, 0.15) is 5.56 Å². The van der Waals surface area contributed by atoms with Gasteiger partial charge in [-0.15, -0.1) is 0 Å². The van der Waals surface area contributed by atoms with Crippen molar-refractivity contribution in [3.8, 4) is 0 Å². The van der Waals surface area contributed by atoms with Crippen LogP contribution >= 0.6 is 57.3 Å². The SMILES string of the molecule is Cc1c(F)c2c3c(nc(=O)n(I)c3c1Cl)N1CCN(I)CC1C(=O)N2C. The van der Waals surface area contributed by atoms with Gasteiger partial charge in [0.25, 0.3) is 5.91 Å². The van der Waals surface area contributed by atoms with Crippen LogP contribution in [0.4, 0.5) is 15.9 Å². The summed E-state index contributed by atoms with van der Waals surface area (Å²) >= 11 is 10.4. The minimum absolute atomic E-state index is 0.120. The highest BCUT2D eigenvalue weighted by molar-refractivity contribution is 14.1. The van der Waals surface area contributed by atoms with E-state index >= 15 is 4.39 Å². The molecular formula is C15H13ClFI2N5O2. The van der Waals surface area contributed by atoms with Crippen LogP contribution in [-0.2, 0) is 4.79 Å². The molecule has 1 saturated heterocycles. The lowest BCUT2D eigenvalue weighted by atomic mass is 10.1. The van der Waals surface area contributed by atoms with Gasteiger partial charge in [0.1, 0.15) is 11.9 Å². The van der Waals surface area contributed by atoms with Gasteiger partial charge in [0.05, 0.1) is 44.5 Å². The lowest BCUT2D eigenvalue weighted by molar-refractivity contribution is -0.120. The quantitative estimate of drug-likeness (QED) is 0.343. The van der Waals surface area contributed by atoms with Gasteiger partial charge >= 0.3 is 5.69 Å². The van der Waals surface area contributed by atoms with Gasteiger partial charge in [-0.1, -0.05) is 11.6 Å². The zero-order valence-electron chi connectivity index (χ0n) is 13.8. The third-order valence-corrected chi connectivity index (χ3v) is 7.13. The summed E-state index contributed by atoms with van der Waals surface area (Å²) in [5.41, 5.74) is 0.202. The van der Waals surface area contributed by atoms with Crippen molar-refractivity contribution in [1.82, 2.24) is 10.9 Å². The first-order valence-electron chi connectivity index (χ1n) is 7.79. The van der Waals surface area contributed by atoms with Crippen molar-refractivity contribution < 1.29 is 9.18 Å². The number of amides is 1. The van der Waals surface area contributed by atoms with E-state index in [0.29, 0.717) is 36.4 Å². The predicted molar refractivity (Wildman–Crippen MR) is 115 cm³/mol.